The summed E-state index contributed by atoms with van der Waals surface area (Å²) < 4.78 is 1.73. The van der Waals surface area contributed by atoms with Crippen molar-refractivity contribution in [3.8, 4) is 0 Å². The third kappa shape index (κ3) is 3.06. The summed E-state index contributed by atoms with van der Waals surface area (Å²) in [5.74, 6) is 0.0129. The standard InChI is InChI=1S/C11H20N4O/c1-3-4-6-15(7-5-12)11(16)10-8-13-9-14(10)2/h8-9H,3-7,12H2,1-2H3. The first-order valence-corrected chi connectivity index (χ1v) is 5.66. The number of carbonyl (C=O) groups is 1. The number of carbonyl (C=O) groups excluding carboxylic acids is 1. The van der Waals surface area contributed by atoms with Crippen molar-refractivity contribution >= 4 is 5.91 Å². The first-order valence-electron chi connectivity index (χ1n) is 5.66. The Morgan fingerprint density at radius 2 is 2.31 bits per heavy atom. The van der Waals surface area contributed by atoms with E-state index in [0.29, 0.717) is 18.8 Å². The largest absolute Gasteiger partial charge is 0.336 e. The van der Waals surface area contributed by atoms with E-state index in [9.17, 15) is 4.79 Å². The maximum absolute atomic E-state index is 12.1. The van der Waals surface area contributed by atoms with Crippen molar-refractivity contribution in [3.05, 3.63) is 18.2 Å². The second-order valence-corrected chi connectivity index (χ2v) is 3.82. The Morgan fingerprint density at radius 1 is 1.56 bits per heavy atom. The van der Waals surface area contributed by atoms with Crippen LogP contribution in [-0.2, 0) is 7.05 Å². The second kappa shape index (κ2) is 6.27. The molecule has 1 aromatic rings. The van der Waals surface area contributed by atoms with E-state index in [-0.39, 0.29) is 5.91 Å². The van der Waals surface area contributed by atoms with Crippen LogP contribution in [0.4, 0.5) is 0 Å². The number of imidazole rings is 1. The summed E-state index contributed by atoms with van der Waals surface area (Å²) in [6.07, 6.45) is 5.30. The lowest BCUT2D eigenvalue weighted by molar-refractivity contribution is 0.0748. The molecule has 1 heterocycles. The molecule has 0 aromatic carbocycles. The smallest absolute Gasteiger partial charge is 0.272 e. The van der Waals surface area contributed by atoms with Gasteiger partial charge in [0.25, 0.3) is 5.91 Å². The van der Waals surface area contributed by atoms with Crippen molar-refractivity contribution in [1.29, 1.82) is 0 Å². The van der Waals surface area contributed by atoms with Crippen molar-refractivity contribution in [2.45, 2.75) is 19.8 Å². The van der Waals surface area contributed by atoms with Crippen LogP contribution in [0.2, 0.25) is 0 Å². The third-order valence-corrected chi connectivity index (χ3v) is 2.50. The SMILES string of the molecule is CCCCN(CCN)C(=O)c1cncn1C. The van der Waals surface area contributed by atoms with Crippen molar-refractivity contribution in [1.82, 2.24) is 14.5 Å². The van der Waals surface area contributed by atoms with E-state index in [0.717, 1.165) is 19.4 Å². The number of rotatable bonds is 6. The summed E-state index contributed by atoms with van der Waals surface area (Å²) in [7, 11) is 1.82. The Hall–Kier alpha value is -1.36. The van der Waals surface area contributed by atoms with Crippen LogP contribution in [0.15, 0.2) is 12.5 Å². The Kier molecular flexibility index (Phi) is 4.98. The summed E-state index contributed by atoms with van der Waals surface area (Å²) >= 11 is 0. The minimum absolute atomic E-state index is 0.0129. The van der Waals surface area contributed by atoms with Gasteiger partial charge < -0.3 is 15.2 Å². The molecule has 0 aliphatic carbocycles. The molecule has 5 heteroatoms. The van der Waals surface area contributed by atoms with Crippen molar-refractivity contribution in [2.75, 3.05) is 19.6 Å². The molecule has 90 valence electrons. The van der Waals surface area contributed by atoms with Gasteiger partial charge >= 0.3 is 0 Å². The Morgan fingerprint density at radius 3 is 2.81 bits per heavy atom. The highest BCUT2D eigenvalue weighted by Gasteiger charge is 2.17. The fourth-order valence-corrected chi connectivity index (χ4v) is 1.54. The molecule has 5 nitrogen and oxygen atoms in total. The number of aromatic nitrogens is 2. The maximum atomic E-state index is 12.1. The van der Waals surface area contributed by atoms with Gasteiger partial charge in [-0.05, 0) is 6.42 Å². The van der Waals surface area contributed by atoms with Gasteiger partial charge in [-0.15, -0.1) is 0 Å². The zero-order valence-electron chi connectivity index (χ0n) is 10.0. The van der Waals surface area contributed by atoms with E-state index in [1.54, 1.807) is 22.0 Å². The number of hydrogen-bond acceptors (Lipinski definition) is 3. The van der Waals surface area contributed by atoms with Gasteiger partial charge in [-0.1, -0.05) is 13.3 Å². The number of amides is 1. The number of aryl methyl sites for hydroxylation is 1. The minimum Gasteiger partial charge on any atom is -0.336 e. The molecule has 16 heavy (non-hydrogen) atoms. The lowest BCUT2D eigenvalue weighted by atomic mass is 10.3. The Bertz CT molecular complexity index is 334. The molecule has 0 aliphatic heterocycles. The predicted molar refractivity (Wildman–Crippen MR) is 63.1 cm³/mol. The zero-order chi connectivity index (χ0) is 12.0. The van der Waals surface area contributed by atoms with Gasteiger partial charge in [0.2, 0.25) is 0 Å². The first-order chi connectivity index (χ1) is 7.70. The fourth-order valence-electron chi connectivity index (χ4n) is 1.54. The Labute approximate surface area is 96.3 Å². The second-order valence-electron chi connectivity index (χ2n) is 3.82. The van der Waals surface area contributed by atoms with Crippen LogP contribution in [0.1, 0.15) is 30.3 Å². The number of unbranched alkanes of at least 4 members (excludes halogenated alkanes) is 1. The van der Waals surface area contributed by atoms with Gasteiger partial charge in [0.1, 0.15) is 5.69 Å². The van der Waals surface area contributed by atoms with E-state index in [1.165, 1.54) is 0 Å². The van der Waals surface area contributed by atoms with Crippen LogP contribution in [0.3, 0.4) is 0 Å². The molecule has 0 saturated heterocycles. The van der Waals surface area contributed by atoms with Gasteiger partial charge in [-0.3, -0.25) is 4.79 Å². The molecule has 0 atom stereocenters. The number of hydrogen-bond donors (Lipinski definition) is 1. The lowest BCUT2D eigenvalue weighted by Crippen LogP contribution is -2.37. The van der Waals surface area contributed by atoms with Gasteiger partial charge in [-0.25, -0.2) is 4.98 Å². The summed E-state index contributed by atoms with van der Waals surface area (Å²) in [6.45, 7) is 3.96. The molecule has 0 saturated carbocycles. The monoisotopic (exact) mass is 224 g/mol. The first kappa shape index (κ1) is 12.7. The van der Waals surface area contributed by atoms with Gasteiger partial charge in [0.05, 0.1) is 12.5 Å². The maximum Gasteiger partial charge on any atom is 0.272 e. The van der Waals surface area contributed by atoms with Crippen molar-refractivity contribution in [3.63, 3.8) is 0 Å². The summed E-state index contributed by atoms with van der Waals surface area (Å²) in [4.78, 5) is 17.9. The van der Waals surface area contributed by atoms with Crippen molar-refractivity contribution in [2.24, 2.45) is 12.8 Å². The zero-order valence-corrected chi connectivity index (χ0v) is 10.0. The fraction of sp³-hybridized carbons (Fsp3) is 0.636. The third-order valence-electron chi connectivity index (χ3n) is 2.50. The summed E-state index contributed by atoms with van der Waals surface area (Å²) in [5, 5.41) is 0. The molecule has 1 aromatic heterocycles. The topological polar surface area (TPSA) is 64.2 Å². The molecule has 1 rings (SSSR count). The molecule has 0 fully saturated rings. The molecule has 0 spiro atoms. The number of nitrogens with zero attached hydrogens (tertiary/aromatic N) is 3. The molecule has 0 radical (unpaired) electrons. The number of nitrogens with two attached hydrogens (primary N) is 1. The molecule has 0 bridgehead atoms. The van der Waals surface area contributed by atoms with Gasteiger partial charge in [0, 0.05) is 26.7 Å². The van der Waals surface area contributed by atoms with Crippen LogP contribution >= 0.6 is 0 Å². The molecular weight excluding hydrogens is 204 g/mol. The average molecular weight is 224 g/mol. The van der Waals surface area contributed by atoms with E-state index in [2.05, 4.69) is 11.9 Å². The highest BCUT2D eigenvalue weighted by Crippen LogP contribution is 2.04. The predicted octanol–water partition coefficient (Wildman–Crippen LogP) is 0.621. The lowest BCUT2D eigenvalue weighted by Gasteiger charge is -2.21. The molecule has 0 unspecified atom stereocenters. The summed E-state index contributed by atoms with van der Waals surface area (Å²) in [6, 6.07) is 0. The van der Waals surface area contributed by atoms with Gasteiger partial charge in [-0.2, -0.15) is 0 Å². The highest BCUT2D eigenvalue weighted by molar-refractivity contribution is 5.92. The van der Waals surface area contributed by atoms with E-state index in [1.807, 2.05) is 7.05 Å². The van der Waals surface area contributed by atoms with E-state index < -0.39 is 0 Å². The van der Waals surface area contributed by atoms with Crippen LogP contribution in [0, 0.1) is 0 Å². The van der Waals surface area contributed by atoms with Crippen LogP contribution in [0.25, 0.3) is 0 Å². The quantitative estimate of drug-likeness (QED) is 0.770. The Balaban J connectivity index is 2.70. The van der Waals surface area contributed by atoms with Crippen LogP contribution < -0.4 is 5.73 Å². The van der Waals surface area contributed by atoms with Crippen molar-refractivity contribution < 1.29 is 4.79 Å². The van der Waals surface area contributed by atoms with Gasteiger partial charge in [0.15, 0.2) is 0 Å². The molecular formula is C11H20N4O. The summed E-state index contributed by atoms with van der Waals surface area (Å²) in [5.41, 5.74) is 6.13. The average Bonchev–Trinajstić information content (AvgIpc) is 2.69. The van der Waals surface area contributed by atoms with Crippen LogP contribution in [-0.4, -0.2) is 40.0 Å². The van der Waals surface area contributed by atoms with E-state index in [4.69, 9.17) is 5.73 Å². The molecule has 0 aliphatic rings. The molecule has 2 N–H and O–H groups in total. The minimum atomic E-state index is 0.0129. The highest BCUT2D eigenvalue weighted by atomic mass is 16.2. The molecule has 1 amide bonds. The van der Waals surface area contributed by atoms with Crippen LogP contribution in [0.5, 0.6) is 0 Å². The normalized spacial score (nSPS) is 10.4. The van der Waals surface area contributed by atoms with E-state index >= 15 is 0 Å².